The Labute approximate surface area is 108 Å². The summed E-state index contributed by atoms with van der Waals surface area (Å²) in [4.78, 5) is 15.0. The summed E-state index contributed by atoms with van der Waals surface area (Å²) < 4.78 is 5.19. The second-order valence-electron chi connectivity index (χ2n) is 3.77. The van der Waals surface area contributed by atoms with Gasteiger partial charge in [0.05, 0.1) is 7.11 Å². The van der Waals surface area contributed by atoms with Crippen LogP contribution in [-0.4, -0.2) is 35.8 Å². The van der Waals surface area contributed by atoms with E-state index in [9.17, 15) is 4.79 Å². The predicted octanol–water partition coefficient (Wildman–Crippen LogP) is 2.76. The molecular weight excluding hydrogens is 290 g/mol. The number of halogens is 1. The van der Waals surface area contributed by atoms with Crippen LogP contribution in [0.3, 0.4) is 0 Å². The van der Waals surface area contributed by atoms with Gasteiger partial charge in [-0.1, -0.05) is 15.9 Å². The highest BCUT2D eigenvalue weighted by atomic mass is 79.9. The first kappa shape index (κ1) is 11.9. The van der Waals surface area contributed by atoms with Gasteiger partial charge in [-0.15, -0.1) is 11.3 Å². The van der Waals surface area contributed by atoms with Crippen molar-refractivity contribution < 1.29 is 9.53 Å². The molecule has 2 rings (SSSR count). The average Bonchev–Trinajstić information content (AvgIpc) is 2.96. The van der Waals surface area contributed by atoms with E-state index in [0.717, 1.165) is 29.6 Å². The normalized spacial score (nSPS) is 20.1. The summed E-state index contributed by atoms with van der Waals surface area (Å²) >= 11 is 4.91. The summed E-state index contributed by atoms with van der Waals surface area (Å²) in [5.74, 6) is 0.795. The Bertz CT molecular complexity index is 380. The van der Waals surface area contributed by atoms with Gasteiger partial charge in [0.15, 0.2) is 0 Å². The SMILES string of the molecule is COc1ccsc1C(=O)N1CCCC1CBr. The Kier molecular flexibility index (Phi) is 3.86. The van der Waals surface area contributed by atoms with Crippen LogP contribution < -0.4 is 4.74 Å². The van der Waals surface area contributed by atoms with Gasteiger partial charge in [0.25, 0.3) is 5.91 Å². The number of nitrogens with zero attached hydrogens (tertiary/aromatic N) is 1. The Morgan fingerprint density at radius 3 is 3.25 bits per heavy atom. The van der Waals surface area contributed by atoms with Gasteiger partial charge in [0, 0.05) is 17.9 Å². The number of likely N-dealkylation sites (tertiary alicyclic amines) is 1. The van der Waals surface area contributed by atoms with Crippen LogP contribution in [0.1, 0.15) is 22.5 Å². The molecule has 0 bridgehead atoms. The lowest BCUT2D eigenvalue weighted by atomic mass is 10.2. The zero-order chi connectivity index (χ0) is 11.5. The van der Waals surface area contributed by atoms with E-state index >= 15 is 0 Å². The topological polar surface area (TPSA) is 29.5 Å². The molecule has 1 amide bonds. The van der Waals surface area contributed by atoms with Crippen molar-refractivity contribution in [3.63, 3.8) is 0 Å². The molecule has 0 aromatic carbocycles. The molecule has 0 spiro atoms. The maximum absolute atomic E-state index is 12.3. The third-order valence-corrected chi connectivity index (χ3v) is 4.49. The van der Waals surface area contributed by atoms with E-state index in [1.165, 1.54) is 11.3 Å². The fourth-order valence-electron chi connectivity index (χ4n) is 2.01. The van der Waals surface area contributed by atoms with Gasteiger partial charge in [0.1, 0.15) is 10.6 Å². The van der Waals surface area contributed by atoms with Crippen LogP contribution >= 0.6 is 27.3 Å². The summed E-state index contributed by atoms with van der Waals surface area (Å²) in [5, 5.41) is 2.75. The van der Waals surface area contributed by atoms with Crippen LogP contribution in [-0.2, 0) is 0 Å². The van der Waals surface area contributed by atoms with Gasteiger partial charge in [-0.25, -0.2) is 0 Å². The van der Waals surface area contributed by atoms with Crippen LogP contribution in [0.4, 0.5) is 0 Å². The molecule has 88 valence electrons. The molecule has 1 fully saturated rings. The summed E-state index contributed by atoms with van der Waals surface area (Å²) in [5.41, 5.74) is 0. The monoisotopic (exact) mass is 303 g/mol. The van der Waals surface area contributed by atoms with Crippen molar-refractivity contribution in [1.82, 2.24) is 4.90 Å². The minimum Gasteiger partial charge on any atom is -0.495 e. The third kappa shape index (κ3) is 2.11. The molecule has 2 heterocycles. The van der Waals surface area contributed by atoms with Crippen molar-refractivity contribution in [3.05, 3.63) is 16.3 Å². The maximum atomic E-state index is 12.3. The Morgan fingerprint density at radius 2 is 2.56 bits per heavy atom. The number of amides is 1. The fraction of sp³-hybridized carbons (Fsp3) is 0.545. The zero-order valence-electron chi connectivity index (χ0n) is 9.11. The van der Waals surface area contributed by atoms with Crippen LogP contribution in [0.5, 0.6) is 5.75 Å². The van der Waals surface area contributed by atoms with Gasteiger partial charge in [-0.05, 0) is 24.3 Å². The summed E-state index contributed by atoms with van der Waals surface area (Å²) in [6.45, 7) is 0.857. The molecule has 1 aromatic heterocycles. The number of carbonyl (C=O) groups is 1. The quantitative estimate of drug-likeness (QED) is 0.804. The summed E-state index contributed by atoms with van der Waals surface area (Å²) in [6.07, 6.45) is 2.18. The molecule has 0 N–H and O–H groups in total. The average molecular weight is 304 g/mol. The fourth-order valence-corrected chi connectivity index (χ4v) is 3.49. The van der Waals surface area contributed by atoms with Crippen LogP contribution in [0.15, 0.2) is 11.4 Å². The van der Waals surface area contributed by atoms with Crippen molar-refractivity contribution >= 4 is 33.2 Å². The van der Waals surface area contributed by atoms with Gasteiger partial charge in [-0.3, -0.25) is 4.79 Å². The smallest absolute Gasteiger partial charge is 0.268 e. The minimum absolute atomic E-state index is 0.105. The van der Waals surface area contributed by atoms with E-state index in [2.05, 4.69) is 15.9 Å². The number of rotatable bonds is 3. The number of hydrogen-bond donors (Lipinski definition) is 0. The molecule has 1 aromatic rings. The van der Waals surface area contributed by atoms with E-state index in [-0.39, 0.29) is 5.91 Å². The largest absolute Gasteiger partial charge is 0.495 e. The first-order chi connectivity index (χ1) is 7.77. The highest BCUT2D eigenvalue weighted by molar-refractivity contribution is 9.09. The molecule has 0 aliphatic carbocycles. The van der Waals surface area contributed by atoms with Crippen LogP contribution in [0.25, 0.3) is 0 Å². The standard InChI is InChI=1S/C11H14BrNO2S/c1-15-9-4-6-16-10(9)11(14)13-5-2-3-8(13)7-12/h4,6,8H,2-3,5,7H2,1H3. The highest BCUT2D eigenvalue weighted by Gasteiger charge is 2.30. The van der Waals surface area contributed by atoms with Crippen molar-refractivity contribution in [2.45, 2.75) is 18.9 Å². The Hall–Kier alpha value is -0.550. The molecule has 0 radical (unpaired) electrons. The number of thiophene rings is 1. The molecule has 1 atom stereocenters. The number of methoxy groups -OCH3 is 1. The van der Waals surface area contributed by atoms with Crippen molar-refractivity contribution in [2.75, 3.05) is 19.0 Å². The lowest BCUT2D eigenvalue weighted by molar-refractivity contribution is 0.0752. The first-order valence-corrected chi connectivity index (χ1v) is 7.26. The van der Waals surface area contributed by atoms with E-state index in [1.54, 1.807) is 7.11 Å². The molecule has 5 heteroatoms. The number of hydrogen-bond acceptors (Lipinski definition) is 3. The number of carbonyl (C=O) groups excluding carboxylic acids is 1. The lowest BCUT2D eigenvalue weighted by Gasteiger charge is -2.22. The van der Waals surface area contributed by atoms with Crippen molar-refractivity contribution in [3.8, 4) is 5.75 Å². The van der Waals surface area contributed by atoms with Gasteiger partial charge >= 0.3 is 0 Å². The second kappa shape index (κ2) is 5.19. The van der Waals surface area contributed by atoms with E-state index in [1.807, 2.05) is 16.3 Å². The molecule has 16 heavy (non-hydrogen) atoms. The summed E-state index contributed by atoms with van der Waals surface area (Å²) in [6, 6.07) is 2.18. The van der Waals surface area contributed by atoms with Crippen LogP contribution in [0.2, 0.25) is 0 Å². The molecule has 1 unspecified atom stereocenters. The molecule has 1 aliphatic heterocycles. The van der Waals surface area contributed by atoms with Crippen molar-refractivity contribution in [1.29, 1.82) is 0 Å². The Morgan fingerprint density at radius 1 is 1.75 bits per heavy atom. The van der Waals surface area contributed by atoms with Gasteiger partial charge in [-0.2, -0.15) is 0 Å². The number of ether oxygens (including phenoxy) is 1. The van der Waals surface area contributed by atoms with Crippen molar-refractivity contribution in [2.24, 2.45) is 0 Å². The molecule has 1 saturated heterocycles. The zero-order valence-corrected chi connectivity index (χ0v) is 11.5. The van der Waals surface area contributed by atoms with Gasteiger partial charge < -0.3 is 9.64 Å². The number of alkyl halides is 1. The predicted molar refractivity (Wildman–Crippen MR) is 68.7 cm³/mol. The third-order valence-electron chi connectivity index (χ3n) is 2.86. The molecule has 0 saturated carbocycles. The van der Waals surface area contributed by atoms with E-state index < -0.39 is 0 Å². The van der Waals surface area contributed by atoms with E-state index in [4.69, 9.17) is 4.74 Å². The maximum Gasteiger partial charge on any atom is 0.268 e. The van der Waals surface area contributed by atoms with Gasteiger partial charge in [0.2, 0.25) is 0 Å². The minimum atomic E-state index is 0.105. The van der Waals surface area contributed by atoms with Crippen LogP contribution in [0, 0.1) is 0 Å². The lowest BCUT2D eigenvalue weighted by Crippen LogP contribution is -2.36. The van der Waals surface area contributed by atoms with E-state index in [0.29, 0.717) is 11.8 Å². The Balaban J connectivity index is 2.18. The highest BCUT2D eigenvalue weighted by Crippen LogP contribution is 2.29. The summed E-state index contributed by atoms with van der Waals surface area (Å²) in [7, 11) is 1.60. The molecular formula is C11H14BrNO2S. The first-order valence-electron chi connectivity index (χ1n) is 5.26. The molecule has 3 nitrogen and oxygen atoms in total. The molecule has 1 aliphatic rings. The second-order valence-corrected chi connectivity index (χ2v) is 5.33.